The van der Waals surface area contributed by atoms with Gasteiger partial charge in [0.25, 0.3) is 0 Å². The van der Waals surface area contributed by atoms with Gasteiger partial charge in [-0.25, -0.2) is 12.8 Å². The van der Waals surface area contributed by atoms with E-state index in [1.165, 1.54) is 22.5 Å². The molecule has 21 heavy (non-hydrogen) atoms. The van der Waals surface area contributed by atoms with E-state index in [1.807, 2.05) is 13.8 Å². The number of hydrogen-bond donors (Lipinski definition) is 1. The first-order valence-corrected chi connectivity index (χ1v) is 8.90. The first-order valence-electron chi connectivity index (χ1n) is 7.46. The SMILES string of the molecule is CCCCN(CCCC)S(=O)(=O)c1ccc(F)c(CN)c1. The lowest BCUT2D eigenvalue weighted by Gasteiger charge is -2.22. The molecule has 4 nitrogen and oxygen atoms in total. The minimum absolute atomic E-state index is 0.0148. The first kappa shape index (κ1) is 18.1. The Kier molecular flexibility index (Phi) is 7.28. The van der Waals surface area contributed by atoms with E-state index in [1.54, 1.807) is 0 Å². The lowest BCUT2D eigenvalue weighted by molar-refractivity contribution is 0.395. The van der Waals surface area contributed by atoms with Crippen molar-refractivity contribution in [1.29, 1.82) is 0 Å². The molecular formula is C15H25FN2O2S. The number of benzene rings is 1. The Morgan fingerprint density at radius 3 is 2.19 bits per heavy atom. The monoisotopic (exact) mass is 316 g/mol. The molecule has 0 aliphatic rings. The highest BCUT2D eigenvalue weighted by Gasteiger charge is 2.24. The highest BCUT2D eigenvalue weighted by Crippen LogP contribution is 2.20. The fraction of sp³-hybridized carbons (Fsp3) is 0.600. The van der Waals surface area contributed by atoms with Crippen LogP contribution < -0.4 is 5.73 Å². The number of hydrogen-bond acceptors (Lipinski definition) is 3. The van der Waals surface area contributed by atoms with Crippen molar-refractivity contribution in [1.82, 2.24) is 4.31 Å². The maximum absolute atomic E-state index is 13.5. The predicted octanol–water partition coefficient (Wildman–Crippen LogP) is 2.88. The smallest absolute Gasteiger partial charge is 0.243 e. The molecule has 1 aromatic rings. The average molecular weight is 316 g/mol. The van der Waals surface area contributed by atoms with Gasteiger partial charge in [-0.2, -0.15) is 4.31 Å². The van der Waals surface area contributed by atoms with Gasteiger partial charge >= 0.3 is 0 Å². The molecule has 0 bridgehead atoms. The molecule has 0 aliphatic heterocycles. The van der Waals surface area contributed by atoms with E-state index in [0.29, 0.717) is 13.1 Å². The molecule has 0 amide bonds. The third kappa shape index (κ3) is 4.76. The Bertz CT molecular complexity index is 539. The van der Waals surface area contributed by atoms with Gasteiger partial charge < -0.3 is 5.73 Å². The molecule has 0 radical (unpaired) electrons. The molecule has 6 heteroatoms. The van der Waals surface area contributed by atoms with Crippen molar-refractivity contribution in [2.45, 2.75) is 51.0 Å². The van der Waals surface area contributed by atoms with Crippen molar-refractivity contribution in [2.75, 3.05) is 13.1 Å². The third-order valence-corrected chi connectivity index (χ3v) is 5.29. The summed E-state index contributed by atoms with van der Waals surface area (Å²) in [6, 6.07) is 3.83. The van der Waals surface area contributed by atoms with Gasteiger partial charge in [-0.3, -0.25) is 0 Å². The van der Waals surface area contributed by atoms with E-state index in [2.05, 4.69) is 0 Å². The largest absolute Gasteiger partial charge is 0.326 e. The summed E-state index contributed by atoms with van der Waals surface area (Å²) in [6.07, 6.45) is 3.48. The van der Waals surface area contributed by atoms with Gasteiger partial charge in [-0.1, -0.05) is 26.7 Å². The number of halogens is 1. The summed E-state index contributed by atoms with van der Waals surface area (Å²) in [5.74, 6) is -0.467. The number of nitrogens with two attached hydrogens (primary N) is 1. The lowest BCUT2D eigenvalue weighted by atomic mass is 10.2. The molecule has 0 spiro atoms. The summed E-state index contributed by atoms with van der Waals surface area (Å²) in [7, 11) is -3.58. The summed E-state index contributed by atoms with van der Waals surface area (Å²) < 4.78 is 40.3. The maximum Gasteiger partial charge on any atom is 0.243 e. The Morgan fingerprint density at radius 2 is 1.71 bits per heavy atom. The van der Waals surface area contributed by atoms with Crippen LogP contribution >= 0.6 is 0 Å². The van der Waals surface area contributed by atoms with E-state index in [-0.39, 0.29) is 17.0 Å². The van der Waals surface area contributed by atoms with Gasteiger partial charge in [-0.15, -0.1) is 0 Å². The van der Waals surface area contributed by atoms with Crippen molar-refractivity contribution in [3.05, 3.63) is 29.6 Å². The quantitative estimate of drug-likeness (QED) is 0.762. The molecule has 0 unspecified atom stereocenters. The second kappa shape index (κ2) is 8.46. The van der Waals surface area contributed by atoms with Crippen LogP contribution in [0.4, 0.5) is 4.39 Å². The van der Waals surface area contributed by atoms with Gasteiger partial charge in [0, 0.05) is 25.2 Å². The van der Waals surface area contributed by atoms with Crippen molar-refractivity contribution in [3.8, 4) is 0 Å². The zero-order valence-corrected chi connectivity index (χ0v) is 13.6. The minimum atomic E-state index is -3.58. The highest BCUT2D eigenvalue weighted by molar-refractivity contribution is 7.89. The molecule has 0 fully saturated rings. The van der Waals surface area contributed by atoms with Crippen LogP contribution in [0.3, 0.4) is 0 Å². The van der Waals surface area contributed by atoms with Crippen LogP contribution in [0, 0.1) is 5.82 Å². The molecule has 0 atom stereocenters. The Labute approximate surface area is 127 Å². The molecule has 0 saturated carbocycles. The van der Waals surface area contributed by atoms with Crippen LogP contribution in [0.25, 0.3) is 0 Å². The van der Waals surface area contributed by atoms with Crippen molar-refractivity contribution >= 4 is 10.0 Å². The van der Waals surface area contributed by atoms with Crippen LogP contribution in [0.1, 0.15) is 45.1 Å². The third-order valence-electron chi connectivity index (χ3n) is 3.40. The van der Waals surface area contributed by atoms with Crippen molar-refractivity contribution in [2.24, 2.45) is 5.73 Å². The molecule has 0 aromatic heterocycles. The second-order valence-electron chi connectivity index (χ2n) is 5.07. The lowest BCUT2D eigenvalue weighted by Crippen LogP contribution is -2.33. The number of nitrogens with zero attached hydrogens (tertiary/aromatic N) is 1. The van der Waals surface area contributed by atoms with E-state index < -0.39 is 15.8 Å². The van der Waals surface area contributed by atoms with Crippen molar-refractivity contribution < 1.29 is 12.8 Å². The van der Waals surface area contributed by atoms with Gasteiger partial charge in [0.15, 0.2) is 0 Å². The number of unbranched alkanes of at least 4 members (excludes halogenated alkanes) is 2. The fourth-order valence-corrected chi connectivity index (χ4v) is 3.61. The molecule has 1 rings (SSSR count). The summed E-state index contributed by atoms with van der Waals surface area (Å²) in [4.78, 5) is 0.122. The Balaban J connectivity index is 3.08. The molecule has 2 N–H and O–H groups in total. The van der Waals surface area contributed by atoms with Crippen LogP contribution in [-0.2, 0) is 16.6 Å². The van der Waals surface area contributed by atoms with Gasteiger partial charge in [0.2, 0.25) is 10.0 Å². The highest BCUT2D eigenvalue weighted by atomic mass is 32.2. The van der Waals surface area contributed by atoms with Gasteiger partial charge in [0.1, 0.15) is 5.82 Å². The van der Waals surface area contributed by atoms with E-state index in [0.717, 1.165) is 25.7 Å². The average Bonchev–Trinajstić information content (AvgIpc) is 2.47. The van der Waals surface area contributed by atoms with Crippen LogP contribution in [-0.4, -0.2) is 25.8 Å². The predicted molar refractivity (Wildman–Crippen MR) is 82.9 cm³/mol. The van der Waals surface area contributed by atoms with Gasteiger partial charge in [0.05, 0.1) is 4.90 Å². The normalized spacial score (nSPS) is 12.0. The van der Waals surface area contributed by atoms with Gasteiger partial charge in [-0.05, 0) is 31.0 Å². The number of sulfonamides is 1. The topological polar surface area (TPSA) is 63.4 Å². The molecule has 0 saturated heterocycles. The Morgan fingerprint density at radius 1 is 1.14 bits per heavy atom. The van der Waals surface area contributed by atoms with Crippen LogP contribution in [0.15, 0.2) is 23.1 Å². The first-order chi connectivity index (χ1) is 9.97. The van der Waals surface area contributed by atoms with E-state index in [9.17, 15) is 12.8 Å². The summed E-state index contributed by atoms with van der Waals surface area (Å²) >= 11 is 0. The second-order valence-corrected chi connectivity index (χ2v) is 7.01. The van der Waals surface area contributed by atoms with E-state index in [4.69, 9.17) is 5.73 Å². The fourth-order valence-electron chi connectivity index (χ4n) is 2.04. The maximum atomic E-state index is 13.5. The molecular weight excluding hydrogens is 291 g/mol. The molecule has 120 valence electrons. The summed E-state index contributed by atoms with van der Waals surface area (Å²) in [6.45, 7) is 5.02. The zero-order chi connectivity index (χ0) is 15.9. The van der Waals surface area contributed by atoms with Crippen LogP contribution in [0.5, 0.6) is 0 Å². The summed E-state index contributed by atoms with van der Waals surface area (Å²) in [5, 5.41) is 0. The minimum Gasteiger partial charge on any atom is -0.326 e. The van der Waals surface area contributed by atoms with Crippen molar-refractivity contribution in [3.63, 3.8) is 0 Å². The van der Waals surface area contributed by atoms with Crippen LogP contribution in [0.2, 0.25) is 0 Å². The molecule has 0 aliphatic carbocycles. The van der Waals surface area contributed by atoms with E-state index >= 15 is 0 Å². The number of rotatable bonds is 9. The standard InChI is InChI=1S/C15H25FN2O2S/c1-3-5-9-18(10-6-4-2)21(19,20)14-7-8-15(16)13(11-14)12-17/h7-8,11H,3-6,9-10,12,17H2,1-2H3. The zero-order valence-electron chi connectivity index (χ0n) is 12.8. The molecule has 0 heterocycles. The Hall–Kier alpha value is -0.980. The summed E-state index contributed by atoms with van der Waals surface area (Å²) in [5.41, 5.74) is 5.67. The molecule has 1 aromatic carbocycles.